The molecule has 3 heteroatoms. The minimum atomic E-state index is -0.487. The van der Waals surface area contributed by atoms with Crippen LogP contribution in [-0.2, 0) is 16.9 Å². The molecule has 1 heterocycles. The van der Waals surface area contributed by atoms with Crippen LogP contribution in [0.5, 0.6) is 0 Å². The molecule has 3 rings (SSSR count). The van der Waals surface area contributed by atoms with Crippen LogP contribution in [0.2, 0.25) is 0 Å². The number of halogens is 2. The Hall–Kier alpha value is -1.38. The summed E-state index contributed by atoms with van der Waals surface area (Å²) in [5.41, 5.74) is 2.89. The molecule has 20 heavy (non-hydrogen) atoms. The first kappa shape index (κ1) is 13.6. The highest BCUT2D eigenvalue weighted by Crippen LogP contribution is 2.45. The summed E-state index contributed by atoms with van der Waals surface area (Å²) in [5, 5.41) is 0. The van der Waals surface area contributed by atoms with Gasteiger partial charge in [-0.3, -0.25) is 0 Å². The van der Waals surface area contributed by atoms with Crippen LogP contribution in [0.25, 0.3) is 0 Å². The zero-order chi connectivity index (χ0) is 14.0. The van der Waals surface area contributed by atoms with Crippen LogP contribution < -0.4 is 0 Å². The van der Waals surface area contributed by atoms with E-state index >= 15 is 0 Å². The summed E-state index contributed by atoms with van der Waals surface area (Å²) in [6.45, 7) is 0.593. The fourth-order valence-electron chi connectivity index (χ4n) is 2.94. The molecule has 1 aliphatic heterocycles. The van der Waals surface area contributed by atoms with Gasteiger partial charge in [-0.2, -0.15) is 0 Å². The molecule has 1 unspecified atom stereocenters. The minimum Gasteiger partial charge on any atom is -0.361 e. The van der Waals surface area contributed by atoms with E-state index in [4.69, 9.17) is 16.3 Å². The molecule has 0 saturated heterocycles. The van der Waals surface area contributed by atoms with Crippen molar-refractivity contribution in [3.63, 3.8) is 0 Å². The molecule has 0 aromatic heterocycles. The van der Waals surface area contributed by atoms with Gasteiger partial charge in [0, 0.05) is 5.88 Å². The third kappa shape index (κ3) is 2.23. The van der Waals surface area contributed by atoms with Crippen LogP contribution in [0, 0.1) is 5.82 Å². The van der Waals surface area contributed by atoms with Crippen LogP contribution in [0.4, 0.5) is 4.39 Å². The Bertz CT molecular complexity index is 596. The van der Waals surface area contributed by atoms with E-state index in [9.17, 15) is 4.39 Å². The van der Waals surface area contributed by atoms with Gasteiger partial charge in [0.05, 0.1) is 6.61 Å². The number of fused-ring (bicyclic) bond motifs is 1. The van der Waals surface area contributed by atoms with Crippen molar-refractivity contribution in [2.75, 3.05) is 5.88 Å². The van der Waals surface area contributed by atoms with Crippen LogP contribution in [-0.4, -0.2) is 5.88 Å². The van der Waals surface area contributed by atoms with Crippen molar-refractivity contribution >= 4 is 11.6 Å². The molecule has 1 atom stereocenters. The molecule has 0 radical (unpaired) electrons. The van der Waals surface area contributed by atoms with Crippen LogP contribution in [0.3, 0.4) is 0 Å². The van der Waals surface area contributed by atoms with E-state index in [0.717, 1.165) is 18.4 Å². The van der Waals surface area contributed by atoms with Crippen LogP contribution >= 0.6 is 11.6 Å². The highest BCUT2D eigenvalue weighted by molar-refractivity contribution is 6.17. The Kier molecular flexibility index (Phi) is 3.77. The van der Waals surface area contributed by atoms with E-state index in [1.807, 2.05) is 24.3 Å². The number of alkyl halides is 1. The Morgan fingerprint density at radius 1 is 1.10 bits per heavy atom. The topological polar surface area (TPSA) is 9.23 Å². The molecular formula is C17H16ClFO. The average molecular weight is 291 g/mol. The Balaban J connectivity index is 2.09. The van der Waals surface area contributed by atoms with E-state index in [2.05, 4.69) is 12.1 Å². The molecule has 2 aromatic rings. The first-order valence-electron chi connectivity index (χ1n) is 6.80. The Labute approximate surface area is 123 Å². The molecule has 0 bridgehead atoms. The third-order valence-corrected chi connectivity index (χ3v) is 4.17. The molecule has 0 saturated carbocycles. The molecular weight excluding hydrogens is 275 g/mol. The number of hydrogen-bond acceptors (Lipinski definition) is 1. The van der Waals surface area contributed by atoms with Crippen molar-refractivity contribution in [2.45, 2.75) is 25.0 Å². The monoisotopic (exact) mass is 290 g/mol. The Morgan fingerprint density at radius 2 is 1.85 bits per heavy atom. The lowest BCUT2D eigenvalue weighted by atomic mass is 9.82. The highest BCUT2D eigenvalue weighted by atomic mass is 35.5. The predicted octanol–water partition coefficient (Wildman–Crippen LogP) is 4.62. The zero-order valence-corrected chi connectivity index (χ0v) is 11.9. The summed E-state index contributed by atoms with van der Waals surface area (Å²) in [6, 6.07) is 14.8. The van der Waals surface area contributed by atoms with Gasteiger partial charge < -0.3 is 4.74 Å². The van der Waals surface area contributed by atoms with Crippen molar-refractivity contribution in [1.29, 1.82) is 0 Å². The minimum absolute atomic E-state index is 0.229. The summed E-state index contributed by atoms with van der Waals surface area (Å²) in [6.07, 6.45) is 1.66. The lowest BCUT2D eigenvalue weighted by Gasteiger charge is -2.30. The summed E-state index contributed by atoms with van der Waals surface area (Å²) >= 11 is 5.87. The molecule has 0 amide bonds. The summed E-state index contributed by atoms with van der Waals surface area (Å²) in [5.74, 6) is 0.363. The lowest BCUT2D eigenvalue weighted by Crippen LogP contribution is -2.27. The van der Waals surface area contributed by atoms with Crippen molar-refractivity contribution in [1.82, 2.24) is 0 Å². The van der Waals surface area contributed by atoms with Crippen LogP contribution in [0.15, 0.2) is 48.5 Å². The second-order valence-corrected chi connectivity index (χ2v) is 5.45. The highest BCUT2D eigenvalue weighted by Gasteiger charge is 2.40. The lowest BCUT2D eigenvalue weighted by molar-refractivity contribution is -0.0120. The largest absolute Gasteiger partial charge is 0.361 e. The van der Waals surface area contributed by atoms with Gasteiger partial charge in [-0.1, -0.05) is 36.4 Å². The van der Waals surface area contributed by atoms with E-state index in [1.54, 1.807) is 0 Å². The first-order valence-corrected chi connectivity index (χ1v) is 7.34. The van der Waals surface area contributed by atoms with Crippen molar-refractivity contribution in [3.05, 3.63) is 71.0 Å². The maximum absolute atomic E-state index is 13.2. The average Bonchev–Trinajstić information content (AvgIpc) is 2.86. The molecule has 1 aliphatic rings. The van der Waals surface area contributed by atoms with Gasteiger partial charge in [-0.25, -0.2) is 4.39 Å². The number of rotatable bonds is 4. The van der Waals surface area contributed by atoms with Gasteiger partial charge in [-0.15, -0.1) is 11.6 Å². The Morgan fingerprint density at radius 3 is 2.60 bits per heavy atom. The molecule has 0 fully saturated rings. The van der Waals surface area contributed by atoms with Gasteiger partial charge >= 0.3 is 0 Å². The van der Waals surface area contributed by atoms with Gasteiger partial charge in [0.2, 0.25) is 0 Å². The first-order chi connectivity index (χ1) is 9.76. The summed E-state index contributed by atoms with van der Waals surface area (Å²) in [7, 11) is 0. The predicted molar refractivity (Wildman–Crippen MR) is 78.4 cm³/mol. The van der Waals surface area contributed by atoms with Gasteiger partial charge in [0.15, 0.2) is 0 Å². The van der Waals surface area contributed by atoms with E-state index in [1.165, 1.54) is 23.3 Å². The third-order valence-electron chi connectivity index (χ3n) is 3.90. The summed E-state index contributed by atoms with van der Waals surface area (Å²) < 4.78 is 19.3. The molecule has 0 spiro atoms. The molecule has 104 valence electrons. The maximum atomic E-state index is 13.2. The van der Waals surface area contributed by atoms with E-state index in [0.29, 0.717) is 12.5 Å². The number of benzene rings is 2. The van der Waals surface area contributed by atoms with Crippen molar-refractivity contribution < 1.29 is 9.13 Å². The quantitative estimate of drug-likeness (QED) is 0.747. The van der Waals surface area contributed by atoms with E-state index in [-0.39, 0.29) is 5.82 Å². The smallest absolute Gasteiger partial charge is 0.123 e. The van der Waals surface area contributed by atoms with Gasteiger partial charge in [-0.05, 0) is 41.7 Å². The maximum Gasteiger partial charge on any atom is 0.123 e. The molecule has 2 aromatic carbocycles. The SMILES string of the molecule is Fc1ccc(C2(CCCCl)OCc3ccccc32)cc1. The van der Waals surface area contributed by atoms with Crippen molar-refractivity contribution in [2.24, 2.45) is 0 Å². The fraction of sp³-hybridized carbons (Fsp3) is 0.294. The molecule has 0 aliphatic carbocycles. The summed E-state index contributed by atoms with van der Waals surface area (Å²) in [4.78, 5) is 0. The van der Waals surface area contributed by atoms with Crippen LogP contribution in [0.1, 0.15) is 29.5 Å². The second-order valence-electron chi connectivity index (χ2n) is 5.07. The molecule has 0 N–H and O–H groups in total. The van der Waals surface area contributed by atoms with E-state index < -0.39 is 5.60 Å². The molecule has 1 nitrogen and oxygen atoms in total. The van der Waals surface area contributed by atoms with Crippen molar-refractivity contribution in [3.8, 4) is 0 Å². The number of hydrogen-bond donors (Lipinski definition) is 0. The fourth-order valence-corrected chi connectivity index (χ4v) is 3.08. The normalized spacial score (nSPS) is 20.9. The standard InChI is InChI=1S/C17H16ClFO/c18-11-3-10-17(14-6-8-15(19)9-7-14)16-5-2-1-4-13(16)12-20-17/h1-2,4-9H,3,10-12H2. The second kappa shape index (κ2) is 5.55. The van der Waals surface area contributed by atoms with Gasteiger partial charge in [0.1, 0.15) is 11.4 Å². The number of ether oxygens (including phenoxy) is 1. The zero-order valence-electron chi connectivity index (χ0n) is 11.1. The van der Waals surface area contributed by atoms with Gasteiger partial charge in [0.25, 0.3) is 0 Å².